The number of nitrogens with zero attached hydrogens (tertiary/aromatic N) is 4. The van der Waals surface area contributed by atoms with Crippen LogP contribution in [0.25, 0.3) is 5.65 Å². The van der Waals surface area contributed by atoms with E-state index in [2.05, 4.69) is 20.4 Å². The molecule has 0 aliphatic carbocycles. The molecule has 18 heavy (non-hydrogen) atoms. The van der Waals surface area contributed by atoms with Crippen molar-refractivity contribution in [1.82, 2.24) is 19.6 Å². The second-order valence-corrected chi connectivity index (χ2v) is 4.10. The zero-order valence-electron chi connectivity index (χ0n) is 10.0. The van der Waals surface area contributed by atoms with Gasteiger partial charge >= 0.3 is 0 Å². The fraction of sp³-hybridized carbons (Fsp3) is 0.154. The third-order valence-electron chi connectivity index (χ3n) is 2.75. The molecule has 0 aliphatic heterocycles. The lowest BCUT2D eigenvalue weighted by molar-refractivity contribution is 0.939. The van der Waals surface area contributed by atoms with Gasteiger partial charge < -0.3 is 5.32 Å². The first-order chi connectivity index (χ1) is 8.83. The third kappa shape index (κ3) is 2.02. The van der Waals surface area contributed by atoms with Gasteiger partial charge in [0, 0.05) is 30.2 Å². The number of hydrogen-bond acceptors (Lipinski definition) is 4. The van der Waals surface area contributed by atoms with Crippen LogP contribution in [0.15, 0.2) is 43.0 Å². The Bertz CT molecular complexity index is 656. The SMILES string of the molecule is Cc1ccc(NCc2cnn3cccnc23)cn1. The minimum Gasteiger partial charge on any atom is -0.380 e. The van der Waals surface area contributed by atoms with Crippen molar-refractivity contribution < 1.29 is 0 Å². The first kappa shape index (κ1) is 10.7. The Morgan fingerprint density at radius 3 is 3.00 bits per heavy atom. The molecule has 0 atom stereocenters. The molecular formula is C13H13N5. The van der Waals surface area contributed by atoms with Crippen LogP contribution in [0.4, 0.5) is 5.69 Å². The number of aromatic nitrogens is 4. The number of nitrogens with one attached hydrogen (secondary N) is 1. The van der Waals surface area contributed by atoms with Crippen molar-refractivity contribution in [2.24, 2.45) is 0 Å². The van der Waals surface area contributed by atoms with E-state index in [-0.39, 0.29) is 0 Å². The smallest absolute Gasteiger partial charge is 0.159 e. The maximum atomic E-state index is 4.31. The summed E-state index contributed by atoms with van der Waals surface area (Å²) in [5.41, 5.74) is 3.95. The van der Waals surface area contributed by atoms with E-state index in [1.165, 1.54) is 0 Å². The number of anilines is 1. The molecule has 3 aromatic heterocycles. The molecule has 0 aromatic carbocycles. The van der Waals surface area contributed by atoms with Gasteiger partial charge in [-0.1, -0.05) is 0 Å². The van der Waals surface area contributed by atoms with Crippen molar-refractivity contribution in [2.45, 2.75) is 13.5 Å². The van der Waals surface area contributed by atoms with E-state index in [9.17, 15) is 0 Å². The van der Waals surface area contributed by atoms with Crippen LogP contribution in [0.1, 0.15) is 11.3 Å². The van der Waals surface area contributed by atoms with E-state index in [1.807, 2.05) is 43.7 Å². The molecule has 3 rings (SSSR count). The summed E-state index contributed by atoms with van der Waals surface area (Å²) in [6.07, 6.45) is 7.32. The standard InChI is InChI=1S/C13H13N5/c1-10-3-4-12(9-15-10)16-7-11-8-17-18-6-2-5-14-13(11)18/h2-6,8-9,16H,7H2,1H3. The van der Waals surface area contributed by atoms with Crippen LogP contribution in [-0.4, -0.2) is 19.6 Å². The average molecular weight is 239 g/mol. The van der Waals surface area contributed by atoms with Crippen LogP contribution >= 0.6 is 0 Å². The first-order valence-corrected chi connectivity index (χ1v) is 5.77. The van der Waals surface area contributed by atoms with Gasteiger partial charge in [-0.05, 0) is 25.1 Å². The Morgan fingerprint density at radius 2 is 2.17 bits per heavy atom. The molecule has 0 radical (unpaired) electrons. The zero-order valence-corrected chi connectivity index (χ0v) is 10.0. The third-order valence-corrected chi connectivity index (χ3v) is 2.75. The Labute approximate surface area is 105 Å². The molecule has 3 aromatic rings. The van der Waals surface area contributed by atoms with Crippen LogP contribution in [0.2, 0.25) is 0 Å². The summed E-state index contributed by atoms with van der Waals surface area (Å²) >= 11 is 0. The first-order valence-electron chi connectivity index (χ1n) is 5.77. The second kappa shape index (κ2) is 4.44. The number of aryl methyl sites for hydroxylation is 1. The van der Waals surface area contributed by atoms with Crippen LogP contribution < -0.4 is 5.32 Å². The highest BCUT2D eigenvalue weighted by Gasteiger charge is 2.04. The Balaban J connectivity index is 1.79. The number of pyridine rings is 1. The zero-order chi connectivity index (χ0) is 12.4. The molecule has 5 heteroatoms. The average Bonchev–Trinajstić information content (AvgIpc) is 2.82. The number of fused-ring (bicyclic) bond motifs is 1. The minimum atomic E-state index is 0.686. The minimum absolute atomic E-state index is 0.686. The highest BCUT2D eigenvalue weighted by molar-refractivity contribution is 5.49. The van der Waals surface area contributed by atoms with Crippen molar-refractivity contribution in [2.75, 3.05) is 5.32 Å². The van der Waals surface area contributed by atoms with Gasteiger partial charge in [0.1, 0.15) is 0 Å². The normalized spacial score (nSPS) is 10.7. The summed E-state index contributed by atoms with van der Waals surface area (Å²) in [6, 6.07) is 5.86. The Kier molecular flexibility index (Phi) is 2.64. The lowest BCUT2D eigenvalue weighted by atomic mass is 10.3. The molecule has 90 valence electrons. The van der Waals surface area contributed by atoms with Crippen LogP contribution in [0.3, 0.4) is 0 Å². The maximum Gasteiger partial charge on any atom is 0.159 e. The van der Waals surface area contributed by atoms with E-state index in [0.717, 1.165) is 22.6 Å². The van der Waals surface area contributed by atoms with Crippen molar-refractivity contribution >= 4 is 11.3 Å². The summed E-state index contributed by atoms with van der Waals surface area (Å²) in [4.78, 5) is 8.55. The molecule has 0 amide bonds. The molecule has 0 unspecified atom stereocenters. The molecular weight excluding hydrogens is 226 g/mol. The topological polar surface area (TPSA) is 55.1 Å². The van der Waals surface area contributed by atoms with E-state index in [4.69, 9.17) is 0 Å². The van der Waals surface area contributed by atoms with Crippen molar-refractivity contribution in [3.63, 3.8) is 0 Å². The summed E-state index contributed by atoms with van der Waals surface area (Å²) < 4.78 is 1.77. The largest absolute Gasteiger partial charge is 0.380 e. The summed E-state index contributed by atoms with van der Waals surface area (Å²) in [5.74, 6) is 0. The van der Waals surface area contributed by atoms with E-state index < -0.39 is 0 Å². The van der Waals surface area contributed by atoms with Gasteiger partial charge in [0.15, 0.2) is 5.65 Å². The highest BCUT2D eigenvalue weighted by atomic mass is 15.2. The number of rotatable bonds is 3. The fourth-order valence-electron chi connectivity index (χ4n) is 1.77. The molecule has 3 heterocycles. The van der Waals surface area contributed by atoms with Gasteiger partial charge in [-0.2, -0.15) is 5.10 Å². The monoisotopic (exact) mass is 239 g/mol. The fourth-order valence-corrected chi connectivity index (χ4v) is 1.77. The van der Waals surface area contributed by atoms with Gasteiger partial charge in [-0.25, -0.2) is 9.50 Å². The second-order valence-electron chi connectivity index (χ2n) is 4.10. The number of hydrogen-bond donors (Lipinski definition) is 1. The molecule has 5 nitrogen and oxygen atoms in total. The van der Waals surface area contributed by atoms with Crippen LogP contribution in [0, 0.1) is 6.92 Å². The quantitative estimate of drug-likeness (QED) is 0.760. The van der Waals surface area contributed by atoms with Crippen LogP contribution in [0.5, 0.6) is 0 Å². The molecule has 0 saturated heterocycles. The van der Waals surface area contributed by atoms with Gasteiger partial charge in [-0.3, -0.25) is 4.98 Å². The molecule has 1 N–H and O–H groups in total. The summed E-state index contributed by atoms with van der Waals surface area (Å²) in [5, 5.41) is 7.55. The molecule has 0 spiro atoms. The van der Waals surface area contributed by atoms with Crippen molar-refractivity contribution in [3.8, 4) is 0 Å². The molecule has 0 saturated carbocycles. The summed E-state index contributed by atoms with van der Waals surface area (Å²) in [7, 11) is 0. The summed E-state index contributed by atoms with van der Waals surface area (Å²) in [6.45, 7) is 2.66. The van der Waals surface area contributed by atoms with Crippen molar-refractivity contribution in [3.05, 3.63) is 54.2 Å². The van der Waals surface area contributed by atoms with Gasteiger partial charge in [0.25, 0.3) is 0 Å². The Morgan fingerprint density at radius 1 is 1.22 bits per heavy atom. The highest BCUT2D eigenvalue weighted by Crippen LogP contribution is 2.11. The van der Waals surface area contributed by atoms with Gasteiger partial charge in [-0.15, -0.1) is 0 Å². The molecule has 0 bridgehead atoms. The maximum absolute atomic E-state index is 4.31. The molecule has 0 fully saturated rings. The van der Waals surface area contributed by atoms with E-state index >= 15 is 0 Å². The molecule has 0 aliphatic rings. The lowest BCUT2D eigenvalue weighted by Crippen LogP contribution is -2.00. The van der Waals surface area contributed by atoms with Gasteiger partial charge in [0.05, 0.1) is 18.1 Å². The predicted octanol–water partition coefficient (Wildman–Crippen LogP) is 2.04. The van der Waals surface area contributed by atoms with Crippen molar-refractivity contribution in [1.29, 1.82) is 0 Å². The van der Waals surface area contributed by atoms with Crippen LogP contribution in [-0.2, 0) is 6.54 Å². The predicted molar refractivity (Wildman–Crippen MR) is 69.3 cm³/mol. The Hall–Kier alpha value is -2.43. The van der Waals surface area contributed by atoms with E-state index in [0.29, 0.717) is 6.54 Å². The van der Waals surface area contributed by atoms with E-state index in [1.54, 1.807) is 10.7 Å². The lowest BCUT2D eigenvalue weighted by Gasteiger charge is -2.04. The van der Waals surface area contributed by atoms with Gasteiger partial charge in [0.2, 0.25) is 0 Å².